The standard InChI is InChI=1S/C15H23FN2O/c1-10(2)7-13(9-17)15(19)18-11(3)12-5-4-6-14(16)8-12/h4-6,8,10-11,13H,7,9,17H2,1-3H3,(H,18,19)/t11-,13?/m1/s1. The summed E-state index contributed by atoms with van der Waals surface area (Å²) in [6.07, 6.45) is 0.762. The van der Waals surface area contributed by atoms with Crippen LogP contribution in [0.25, 0.3) is 0 Å². The molecule has 2 atom stereocenters. The zero-order valence-electron chi connectivity index (χ0n) is 11.8. The van der Waals surface area contributed by atoms with Crippen LogP contribution in [0.3, 0.4) is 0 Å². The van der Waals surface area contributed by atoms with Gasteiger partial charge in [0.1, 0.15) is 5.82 Å². The van der Waals surface area contributed by atoms with Crippen molar-refractivity contribution in [1.82, 2.24) is 5.32 Å². The van der Waals surface area contributed by atoms with Crippen molar-refractivity contribution in [3.05, 3.63) is 35.6 Å². The van der Waals surface area contributed by atoms with Gasteiger partial charge in [-0.1, -0.05) is 26.0 Å². The van der Waals surface area contributed by atoms with Crippen LogP contribution >= 0.6 is 0 Å². The van der Waals surface area contributed by atoms with E-state index < -0.39 is 0 Å². The molecule has 0 aliphatic heterocycles. The number of carbonyl (C=O) groups excluding carboxylic acids is 1. The quantitative estimate of drug-likeness (QED) is 0.831. The zero-order chi connectivity index (χ0) is 14.4. The van der Waals surface area contributed by atoms with Crippen LogP contribution in [-0.2, 0) is 4.79 Å². The molecule has 0 radical (unpaired) electrons. The molecule has 0 aliphatic carbocycles. The van der Waals surface area contributed by atoms with Crippen LogP contribution in [0.4, 0.5) is 4.39 Å². The first-order valence-corrected chi connectivity index (χ1v) is 6.70. The highest BCUT2D eigenvalue weighted by atomic mass is 19.1. The minimum atomic E-state index is -0.295. The Hall–Kier alpha value is -1.42. The first-order valence-electron chi connectivity index (χ1n) is 6.70. The lowest BCUT2D eigenvalue weighted by Crippen LogP contribution is -2.37. The molecule has 1 unspecified atom stereocenters. The average Bonchev–Trinajstić information content (AvgIpc) is 2.35. The molecule has 0 aliphatic rings. The summed E-state index contributed by atoms with van der Waals surface area (Å²) in [7, 11) is 0. The topological polar surface area (TPSA) is 55.1 Å². The molecule has 0 bridgehead atoms. The number of nitrogens with one attached hydrogen (secondary N) is 1. The Labute approximate surface area is 114 Å². The number of hydrogen-bond acceptors (Lipinski definition) is 2. The van der Waals surface area contributed by atoms with E-state index in [1.54, 1.807) is 12.1 Å². The summed E-state index contributed by atoms with van der Waals surface area (Å²) in [5.74, 6) is -0.121. The van der Waals surface area contributed by atoms with Gasteiger partial charge in [0.05, 0.1) is 12.0 Å². The smallest absolute Gasteiger partial charge is 0.224 e. The normalized spacial score (nSPS) is 14.2. The molecule has 1 amide bonds. The van der Waals surface area contributed by atoms with E-state index in [2.05, 4.69) is 19.2 Å². The molecule has 0 saturated heterocycles. The Kier molecular flexibility index (Phi) is 5.96. The van der Waals surface area contributed by atoms with Crippen LogP contribution in [-0.4, -0.2) is 12.5 Å². The van der Waals surface area contributed by atoms with E-state index in [-0.39, 0.29) is 23.7 Å². The molecule has 19 heavy (non-hydrogen) atoms. The zero-order valence-corrected chi connectivity index (χ0v) is 11.8. The molecule has 106 valence electrons. The number of amides is 1. The second kappa shape index (κ2) is 7.24. The average molecular weight is 266 g/mol. The van der Waals surface area contributed by atoms with Crippen LogP contribution in [0.15, 0.2) is 24.3 Å². The van der Waals surface area contributed by atoms with E-state index in [1.807, 2.05) is 6.92 Å². The third-order valence-electron chi connectivity index (χ3n) is 3.12. The highest BCUT2D eigenvalue weighted by molar-refractivity contribution is 5.79. The molecule has 0 fully saturated rings. The van der Waals surface area contributed by atoms with Crippen LogP contribution < -0.4 is 11.1 Å². The van der Waals surface area contributed by atoms with E-state index in [4.69, 9.17) is 5.73 Å². The van der Waals surface area contributed by atoms with Gasteiger partial charge in [-0.25, -0.2) is 4.39 Å². The van der Waals surface area contributed by atoms with Gasteiger partial charge in [0.25, 0.3) is 0 Å². The van der Waals surface area contributed by atoms with Gasteiger partial charge in [-0.15, -0.1) is 0 Å². The van der Waals surface area contributed by atoms with Crippen molar-refractivity contribution in [2.75, 3.05) is 6.54 Å². The predicted octanol–water partition coefficient (Wildman–Crippen LogP) is 2.62. The Balaban J connectivity index is 2.65. The van der Waals surface area contributed by atoms with Crippen molar-refractivity contribution in [2.45, 2.75) is 33.2 Å². The Morgan fingerprint density at radius 2 is 2.05 bits per heavy atom. The highest BCUT2D eigenvalue weighted by Gasteiger charge is 2.20. The lowest BCUT2D eigenvalue weighted by Gasteiger charge is -2.20. The summed E-state index contributed by atoms with van der Waals surface area (Å²) < 4.78 is 13.1. The molecule has 3 nitrogen and oxygen atoms in total. The van der Waals surface area contributed by atoms with E-state index in [9.17, 15) is 9.18 Å². The number of carbonyl (C=O) groups is 1. The van der Waals surface area contributed by atoms with E-state index >= 15 is 0 Å². The monoisotopic (exact) mass is 266 g/mol. The van der Waals surface area contributed by atoms with E-state index in [0.717, 1.165) is 12.0 Å². The molecule has 3 N–H and O–H groups in total. The van der Waals surface area contributed by atoms with E-state index in [0.29, 0.717) is 12.5 Å². The second-order valence-corrected chi connectivity index (χ2v) is 5.35. The minimum absolute atomic E-state index is 0.0621. The fourth-order valence-electron chi connectivity index (χ4n) is 2.07. The summed E-state index contributed by atoms with van der Waals surface area (Å²) in [5.41, 5.74) is 6.40. The number of rotatable bonds is 6. The molecule has 0 spiro atoms. The van der Waals surface area contributed by atoms with Gasteiger partial charge in [-0.2, -0.15) is 0 Å². The molecule has 4 heteroatoms. The fourth-order valence-corrected chi connectivity index (χ4v) is 2.07. The summed E-state index contributed by atoms with van der Waals surface area (Å²) in [4.78, 5) is 12.1. The van der Waals surface area contributed by atoms with Crippen molar-refractivity contribution in [2.24, 2.45) is 17.6 Å². The molecule has 1 rings (SSSR count). The molecular formula is C15H23FN2O. The predicted molar refractivity (Wildman–Crippen MR) is 75.0 cm³/mol. The molecule has 0 saturated carbocycles. The SMILES string of the molecule is CC(C)CC(CN)C(=O)N[C@H](C)c1cccc(F)c1. The van der Waals surface area contributed by atoms with Crippen molar-refractivity contribution in [3.8, 4) is 0 Å². The fraction of sp³-hybridized carbons (Fsp3) is 0.533. The van der Waals surface area contributed by atoms with Crippen molar-refractivity contribution >= 4 is 5.91 Å². The number of nitrogens with two attached hydrogens (primary N) is 1. The summed E-state index contributed by atoms with van der Waals surface area (Å²) in [6.45, 7) is 6.30. The third-order valence-corrected chi connectivity index (χ3v) is 3.12. The molecule has 1 aromatic rings. The van der Waals surface area contributed by atoms with Gasteiger partial charge < -0.3 is 11.1 Å². The van der Waals surface area contributed by atoms with E-state index in [1.165, 1.54) is 12.1 Å². The molecule has 0 aromatic heterocycles. The van der Waals surface area contributed by atoms with Crippen LogP contribution in [0.1, 0.15) is 38.8 Å². The molecule has 0 heterocycles. The largest absolute Gasteiger partial charge is 0.349 e. The van der Waals surface area contributed by atoms with Gasteiger partial charge in [0.2, 0.25) is 5.91 Å². The summed E-state index contributed by atoms with van der Waals surface area (Å²) in [6, 6.07) is 6.05. The Morgan fingerprint density at radius 3 is 2.58 bits per heavy atom. The second-order valence-electron chi connectivity index (χ2n) is 5.35. The van der Waals surface area contributed by atoms with Gasteiger partial charge >= 0.3 is 0 Å². The first-order chi connectivity index (χ1) is 8.93. The lowest BCUT2D eigenvalue weighted by atomic mass is 9.96. The minimum Gasteiger partial charge on any atom is -0.349 e. The highest BCUT2D eigenvalue weighted by Crippen LogP contribution is 2.16. The van der Waals surface area contributed by atoms with Crippen molar-refractivity contribution in [3.63, 3.8) is 0 Å². The van der Waals surface area contributed by atoms with Gasteiger partial charge in [0.15, 0.2) is 0 Å². The molecular weight excluding hydrogens is 243 g/mol. The van der Waals surface area contributed by atoms with Gasteiger partial charge in [-0.3, -0.25) is 4.79 Å². The van der Waals surface area contributed by atoms with Crippen LogP contribution in [0.2, 0.25) is 0 Å². The Bertz CT molecular complexity index is 420. The summed E-state index contributed by atoms with van der Waals surface area (Å²) in [5, 5.41) is 2.89. The number of hydrogen-bond donors (Lipinski definition) is 2. The maximum absolute atomic E-state index is 13.1. The maximum atomic E-state index is 13.1. The Morgan fingerprint density at radius 1 is 1.37 bits per heavy atom. The summed E-state index contributed by atoms with van der Waals surface area (Å²) >= 11 is 0. The van der Waals surface area contributed by atoms with Gasteiger partial charge in [-0.05, 0) is 37.0 Å². The van der Waals surface area contributed by atoms with Crippen LogP contribution in [0.5, 0.6) is 0 Å². The number of benzene rings is 1. The maximum Gasteiger partial charge on any atom is 0.224 e. The lowest BCUT2D eigenvalue weighted by molar-refractivity contribution is -0.125. The van der Waals surface area contributed by atoms with Crippen LogP contribution in [0, 0.1) is 17.7 Å². The first kappa shape index (κ1) is 15.6. The molecule has 1 aromatic carbocycles. The number of halogens is 1. The van der Waals surface area contributed by atoms with Crippen molar-refractivity contribution < 1.29 is 9.18 Å². The van der Waals surface area contributed by atoms with Gasteiger partial charge in [0, 0.05) is 6.54 Å². The third kappa shape index (κ3) is 4.99. The van der Waals surface area contributed by atoms with Crippen molar-refractivity contribution in [1.29, 1.82) is 0 Å².